The summed E-state index contributed by atoms with van der Waals surface area (Å²) in [6.07, 6.45) is 1.27. The van der Waals surface area contributed by atoms with Crippen molar-refractivity contribution in [3.63, 3.8) is 0 Å². The molecular formula is C14H15FN4O2. The lowest BCUT2D eigenvalue weighted by molar-refractivity contribution is 0.0932. The number of methoxy groups -OCH3 is 1. The van der Waals surface area contributed by atoms with Gasteiger partial charge in [0.1, 0.15) is 23.7 Å². The van der Waals surface area contributed by atoms with E-state index in [4.69, 9.17) is 4.74 Å². The van der Waals surface area contributed by atoms with E-state index in [2.05, 4.69) is 20.6 Å². The maximum atomic E-state index is 13.1. The molecule has 1 amide bonds. The van der Waals surface area contributed by atoms with Crippen LogP contribution < -0.4 is 10.6 Å². The van der Waals surface area contributed by atoms with Crippen LogP contribution in [-0.2, 0) is 4.74 Å². The summed E-state index contributed by atoms with van der Waals surface area (Å²) in [7, 11) is 1.55. The molecule has 0 bridgehead atoms. The molecule has 0 unspecified atom stereocenters. The Labute approximate surface area is 121 Å². The van der Waals surface area contributed by atoms with Gasteiger partial charge in [0.25, 0.3) is 5.91 Å². The SMILES string of the molecule is COCCNC(=O)c1cc(Nc2cccc(F)c2)ncn1. The first-order valence-electron chi connectivity index (χ1n) is 6.31. The number of amides is 1. The van der Waals surface area contributed by atoms with Crippen molar-refractivity contribution in [3.05, 3.63) is 48.2 Å². The molecule has 6 nitrogen and oxygen atoms in total. The van der Waals surface area contributed by atoms with E-state index in [1.807, 2.05) is 0 Å². The van der Waals surface area contributed by atoms with Crippen LogP contribution in [0.2, 0.25) is 0 Å². The van der Waals surface area contributed by atoms with Crippen LogP contribution in [0.3, 0.4) is 0 Å². The minimum atomic E-state index is -0.355. The Morgan fingerprint density at radius 2 is 2.19 bits per heavy atom. The predicted octanol–water partition coefficient (Wildman–Crippen LogP) is 1.74. The van der Waals surface area contributed by atoms with Gasteiger partial charge in [-0.1, -0.05) is 6.07 Å². The largest absolute Gasteiger partial charge is 0.383 e. The number of anilines is 2. The number of benzene rings is 1. The number of ether oxygens (including phenoxy) is 1. The summed E-state index contributed by atoms with van der Waals surface area (Å²) in [6.45, 7) is 0.817. The normalized spacial score (nSPS) is 10.2. The average Bonchev–Trinajstić information content (AvgIpc) is 2.48. The monoisotopic (exact) mass is 290 g/mol. The van der Waals surface area contributed by atoms with Crippen molar-refractivity contribution < 1.29 is 13.9 Å². The first kappa shape index (κ1) is 14.9. The number of halogens is 1. The van der Waals surface area contributed by atoms with Crippen LogP contribution in [0, 0.1) is 5.82 Å². The predicted molar refractivity (Wildman–Crippen MR) is 75.9 cm³/mol. The third-order valence-corrected chi connectivity index (χ3v) is 2.59. The van der Waals surface area contributed by atoms with Crippen LogP contribution in [0.4, 0.5) is 15.9 Å². The van der Waals surface area contributed by atoms with Crippen molar-refractivity contribution in [1.82, 2.24) is 15.3 Å². The minimum Gasteiger partial charge on any atom is -0.383 e. The van der Waals surface area contributed by atoms with Crippen molar-refractivity contribution in [2.75, 3.05) is 25.6 Å². The smallest absolute Gasteiger partial charge is 0.270 e. The van der Waals surface area contributed by atoms with E-state index in [-0.39, 0.29) is 17.4 Å². The number of carbonyl (C=O) groups excluding carboxylic acids is 1. The highest BCUT2D eigenvalue weighted by Gasteiger charge is 2.08. The van der Waals surface area contributed by atoms with Gasteiger partial charge in [0.15, 0.2) is 0 Å². The molecule has 110 valence electrons. The number of hydrogen-bond donors (Lipinski definition) is 2. The summed E-state index contributed by atoms with van der Waals surface area (Å²) < 4.78 is 17.9. The van der Waals surface area contributed by atoms with Gasteiger partial charge in [0, 0.05) is 25.4 Å². The highest BCUT2D eigenvalue weighted by atomic mass is 19.1. The van der Waals surface area contributed by atoms with E-state index in [1.54, 1.807) is 19.2 Å². The van der Waals surface area contributed by atoms with Crippen molar-refractivity contribution in [1.29, 1.82) is 0 Å². The molecule has 1 aromatic heterocycles. The van der Waals surface area contributed by atoms with Crippen LogP contribution in [0.5, 0.6) is 0 Å². The fourth-order valence-corrected chi connectivity index (χ4v) is 1.62. The third kappa shape index (κ3) is 4.50. The highest BCUT2D eigenvalue weighted by Crippen LogP contribution is 2.15. The number of nitrogens with zero attached hydrogens (tertiary/aromatic N) is 2. The van der Waals surface area contributed by atoms with Gasteiger partial charge in [-0.15, -0.1) is 0 Å². The van der Waals surface area contributed by atoms with Crippen molar-refractivity contribution in [3.8, 4) is 0 Å². The zero-order valence-corrected chi connectivity index (χ0v) is 11.5. The summed E-state index contributed by atoms with van der Waals surface area (Å²) >= 11 is 0. The molecule has 0 spiro atoms. The third-order valence-electron chi connectivity index (χ3n) is 2.59. The average molecular weight is 290 g/mol. The van der Waals surface area contributed by atoms with Crippen molar-refractivity contribution in [2.45, 2.75) is 0 Å². The van der Waals surface area contributed by atoms with E-state index < -0.39 is 0 Å². The molecule has 1 aromatic carbocycles. The Morgan fingerprint density at radius 3 is 2.95 bits per heavy atom. The highest BCUT2D eigenvalue weighted by molar-refractivity contribution is 5.92. The van der Waals surface area contributed by atoms with E-state index in [0.717, 1.165) is 0 Å². The number of rotatable bonds is 6. The fourth-order valence-electron chi connectivity index (χ4n) is 1.62. The lowest BCUT2D eigenvalue weighted by Crippen LogP contribution is -2.27. The Morgan fingerprint density at radius 1 is 1.33 bits per heavy atom. The number of aromatic nitrogens is 2. The van der Waals surface area contributed by atoms with Gasteiger partial charge in [-0.25, -0.2) is 14.4 Å². The zero-order chi connectivity index (χ0) is 15.1. The molecule has 0 aliphatic heterocycles. The maximum absolute atomic E-state index is 13.1. The van der Waals surface area contributed by atoms with Crippen LogP contribution in [0.25, 0.3) is 0 Å². The Hall–Kier alpha value is -2.54. The summed E-state index contributed by atoms with van der Waals surface area (Å²) in [4.78, 5) is 19.7. The first-order chi connectivity index (χ1) is 10.2. The topological polar surface area (TPSA) is 76.1 Å². The second-order valence-corrected chi connectivity index (χ2v) is 4.17. The van der Waals surface area contributed by atoms with Gasteiger partial charge in [-0.3, -0.25) is 4.79 Å². The minimum absolute atomic E-state index is 0.222. The summed E-state index contributed by atoms with van der Waals surface area (Å²) in [5, 5.41) is 5.57. The van der Waals surface area contributed by atoms with E-state index in [1.165, 1.54) is 24.5 Å². The number of carbonyl (C=O) groups is 1. The Bertz CT molecular complexity index is 621. The van der Waals surface area contributed by atoms with Gasteiger partial charge < -0.3 is 15.4 Å². The molecule has 1 heterocycles. The molecule has 2 rings (SSSR count). The standard InChI is InChI=1S/C14H15FN4O2/c1-21-6-5-16-14(20)12-8-13(18-9-17-12)19-11-4-2-3-10(15)7-11/h2-4,7-9H,5-6H2,1H3,(H,16,20)(H,17,18,19). The molecule has 0 saturated carbocycles. The Balaban J connectivity index is 2.05. The van der Waals surface area contributed by atoms with Crippen LogP contribution in [0.1, 0.15) is 10.5 Å². The summed E-state index contributed by atoms with van der Waals surface area (Å²) in [6, 6.07) is 7.45. The van der Waals surface area contributed by atoms with Gasteiger partial charge in [-0.05, 0) is 18.2 Å². The zero-order valence-electron chi connectivity index (χ0n) is 11.5. The fraction of sp³-hybridized carbons (Fsp3) is 0.214. The van der Waals surface area contributed by atoms with Gasteiger partial charge in [0.2, 0.25) is 0 Å². The molecule has 2 aromatic rings. The summed E-state index contributed by atoms with van der Waals surface area (Å²) in [5.41, 5.74) is 0.763. The molecule has 0 radical (unpaired) electrons. The van der Waals surface area contributed by atoms with Crippen LogP contribution in [0.15, 0.2) is 36.7 Å². The molecule has 0 aliphatic rings. The van der Waals surface area contributed by atoms with E-state index in [0.29, 0.717) is 24.7 Å². The lowest BCUT2D eigenvalue weighted by atomic mass is 10.3. The quantitative estimate of drug-likeness (QED) is 0.792. The second kappa shape index (κ2) is 7.30. The van der Waals surface area contributed by atoms with Crippen molar-refractivity contribution in [2.24, 2.45) is 0 Å². The molecule has 0 saturated heterocycles. The van der Waals surface area contributed by atoms with Crippen LogP contribution in [-0.4, -0.2) is 36.1 Å². The molecule has 0 aliphatic carbocycles. The van der Waals surface area contributed by atoms with Gasteiger partial charge >= 0.3 is 0 Å². The van der Waals surface area contributed by atoms with E-state index >= 15 is 0 Å². The lowest BCUT2D eigenvalue weighted by Gasteiger charge is -2.07. The van der Waals surface area contributed by atoms with Crippen molar-refractivity contribution >= 4 is 17.4 Å². The number of nitrogens with one attached hydrogen (secondary N) is 2. The molecule has 2 N–H and O–H groups in total. The van der Waals surface area contributed by atoms with Gasteiger partial charge in [0.05, 0.1) is 6.61 Å². The first-order valence-corrected chi connectivity index (χ1v) is 6.31. The molecular weight excluding hydrogens is 275 g/mol. The van der Waals surface area contributed by atoms with Crippen LogP contribution >= 0.6 is 0 Å². The molecule has 7 heteroatoms. The Kier molecular flexibility index (Phi) is 5.16. The second-order valence-electron chi connectivity index (χ2n) is 4.17. The molecule has 21 heavy (non-hydrogen) atoms. The number of hydrogen-bond acceptors (Lipinski definition) is 5. The summed E-state index contributed by atoms with van der Waals surface area (Å²) in [5.74, 6) is -0.268. The maximum Gasteiger partial charge on any atom is 0.270 e. The van der Waals surface area contributed by atoms with Gasteiger partial charge in [-0.2, -0.15) is 0 Å². The molecule has 0 fully saturated rings. The van der Waals surface area contributed by atoms with E-state index in [9.17, 15) is 9.18 Å². The molecule has 0 atom stereocenters.